The third kappa shape index (κ3) is 3.18. The summed E-state index contributed by atoms with van der Waals surface area (Å²) in [6.07, 6.45) is 4.01. The molecule has 1 saturated carbocycles. The van der Waals surface area contributed by atoms with E-state index in [1.54, 1.807) is 0 Å². The van der Waals surface area contributed by atoms with E-state index in [4.69, 9.17) is 0 Å². The molecule has 1 aliphatic rings. The van der Waals surface area contributed by atoms with Crippen LogP contribution in [-0.4, -0.2) is 6.54 Å². The Bertz CT molecular complexity index is 320. The van der Waals surface area contributed by atoms with E-state index in [1.165, 1.54) is 28.4 Å². The second-order valence-corrected chi connectivity index (χ2v) is 5.57. The van der Waals surface area contributed by atoms with Crippen LogP contribution >= 0.6 is 22.6 Å². The zero-order valence-corrected chi connectivity index (χ0v) is 11.3. The molecule has 1 atom stereocenters. The van der Waals surface area contributed by atoms with Crippen LogP contribution in [0.15, 0.2) is 24.3 Å². The summed E-state index contributed by atoms with van der Waals surface area (Å²) in [6, 6.07) is 9.49. The van der Waals surface area contributed by atoms with Gasteiger partial charge in [0.25, 0.3) is 0 Å². The molecule has 0 saturated heterocycles. The predicted molar refractivity (Wildman–Crippen MR) is 72.9 cm³/mol. The fourth-order valence-corrected chi connectivity index (χ4v) is 2.55. The van der Waals surface area contributed by atoms with Gasteiger partial charge in [0.05, 0.1) is 0 Å². The normalized spacial score (nSPS) is 17.7. The van der Waals surface area contributed by atoms with Gasteiger partial charge < -0.3 is 5.32 Å². The van der Waals surface area contributed by atoms with E-state index >= 15 is 0 Å². The van der Waals surface area contributed by atoms with E-state index in [-0.39, 0.29) is 0 Å². The molecule has 0 bridgehead atoms. The summed E-state index contributed by atoms with van der Waals surface area (Å²) < 4.78 is 1.34. The lowest BCUT2D eigenvalue weighted by atomic mass is 10.0. The van der Waals surface area contributed by atoms with Gasteiger partial charge in [0, 0.05) is 9.61 Å². The highest BCUT2D eigenvalue weighted by atomic mass is 127. The molecule has 1 unspecified atom stereocenters. The smallest absolute Gasteiger partial charge is 0.0349 e. The Morgan fingerprint density at radius 3 is 2.87 bits per heavy atom. The molecule has 1 N–H and O–H groups in total. The maximum absolute atomic E-state index is 3.67. The van der Waals surface area contributed by atoms with Gasteiger partial charge >= 0.3 is 0 Å². The van der Waals surface area contributed by atoms with Gasteiger partial charge in [-0.05, 0) is 72.0 Å². The molecule has 1 aromatic carbocycles. The van der Waals surface area contributed by atoms with Crippen molar-refractivity contribution in [1.82, 2.24) is 5.32 Å². The maximum atomic E-state index is 3.67. The van der Waals surface area contributed by atoms with Gasteiger partial charge in [0.2, 0.25) is 0 Å². The summed E-state index contributed by atoms with van der Waals surface area (Å²) in [6.45, 7) is 3.36. The third-order valence-electron chi connectivity index (χ3n) is 2.92. The lowest BCUT2D eigenvalue weighted by Gasteiger charge is -2.18. The highest BCUT2D eigenvalue weighted by Gasteiger charge is 2.31. The van der Waals surface area contributed by atoms with Gasteiger partial charge in [0.15, 0.2) is 0 Å². The van der Waals surface area contributed by atoms with Gasteiger partial charge in [-0.15, -0.1) is 0 Å². The number of halogens is 1. The molecule has 1 fully saturated rings. The number of hydrogen-bond acceptors (Lipinski definition) is 1. The van der Waals surface area contributed by atoms with Crippen LogP contribution in [0.4, 0.5) is 0 Å². The molecule has 0 aromatic heterocycles. The van der Waals surface area contributed by atoms with Gasteiger partial charge in [0.1, 0.15) is 0 Å². The fourth-order valence-electron chi connectivity index (χ4n) is 1.99. The minimum atomic E-state index is 0.597. The Kier molecular flexibility index (Phi) is 4.03. The van der Waals surface area contributed by atoms with E-state index in [9.17, 15) is 0 Å². The maximum Gasteiger partial charge on any atom is 0.0349 e. The lowest BCUT2D eigenvalue weighted by molar-refractivity contribution is 0.481. The largest absolute Gasteiger partial charge is 0.310 e. The van der Waals surface area contributed by atoms with Crippen LogP contribution < -0.4 is 5.32 Å². The number of nitrogens with one attached hydrogen (secondary N) is 1. The first-order chi connectivity index (χ1) is 7.31. The van der Waals surface area contributed by atoms with E-state index in [0.717, 1.165) is 12.5 Å². The molecular weight excluding hydrogens is 297 g/mol. The molecule has 2 rings (SSSR count). The van der Waals surface area contributed by atoms with Crippen LogP contribution in [0.5, 0.6) is 0 Å². The second-order valence-electron chi connectivity index (χ2n) is 4.32. The molecule has 0 radical (unpaired) electrons. The highest BCUT2D eigenvalue weighted by Crippen LogP contribution is 2.41. The molecule has 0 aliphatic heterocycles. The number of rotatable bonds is 5. The summed E-state index contributed by atoms with van der Waals surface area (Å²) in [7, 11) is 0. The monoisotopic (exact) mass is 315 g/mol. The molecule has 0 amide bonds. The predicted octanol–water partition coefficient (Wildman–Crippen LogP) is 3.74. The Hall–Kier alpha value is -0.0900. The first-order valence-corrected chi connectivity index (χ1v) is 6.88. The topological polar surface area (TPSA) is 12.0 Å². The Morgan fingerprint density at radius 1 is 1.47 bits per heavy atom. The molecule has 1 aliphatic carbocycles. The Labute approximate surface area is 106 Å². The van der Waals surface area contributed by atoms with Crippen molar-refractivity contribution in [3.05, 3.63) is 33.4 Å². The van der Waals surface area contributed by atoms with Crippen molar-refractivity contribution in [2.45, 2.75) is 32.2 Å². The van der Waals surface area contributed by atoms with Crippen LogP contribution in [0, 0.1) is 9.49 Å². The van der Waals surface area contributed by atoms with Crippen molar-refractivity contribution in [2.75, 3.05) is 6.54 Å². The first-order valence-electron chi connectivity index (χ1n) is 5.80. The number of hydrogen-bond donors (Lipinski definition) is 1. The molecule has 1 aromatic rings. The first kappa shape index (κ1) is 11.4. The van der Waals surface area contributed by atoms with Crippen molar-refractivity contribution >= 4 is 22.6 Å². The Balaban J connectivity index is 2.09. The van der Waals surface area contributed by atoms with E-state index < -0.39 is 0 Å². The average molecular weight is 315 g/mol. The second kappa shape index (κ2) is 5.30. The zero-order valence-electron chi connectivity index (χ0n) is 9.17. The van der Waals surface area contributed by atoms with E-state index in [2.05, 4.69) is 59.1 Å². The average Bonchev–Trinajstić information content (AvgIpc) is 3.03. The summed E-state index contributed by atoms with van der Waals surface area (Å²) >= 11 is 2.39. The standard InChI is InChI=1S/C13H18IN/c1-2-8-15-13(10-6-7-10)11-4-3-5-12(14)9-11/h3-5,9-10,13,15H,2,6-8H2,1H3. The van der Waals surface area contributed by atoms with Crippen LogP contribution in [0.1, 0.15) is 37.8 Å². The molecule has 1 nitrogen and oxygen atoms in total. The van der Waals surface area contributed by atoms with Crippen molar-refractivity contribution in [3.8, 4) is 0 Å². The van der Waals surface area contributed by atoms with Crippen LogP contribution in [0.25, 0.3) is 0 Å². The van der Waals surface area contributed by atoms with Gasteiger partial charge in [-0.2, -0.15) is 0 Å². The summed E-state index contributed by atoms with van der Waals surface area (Å²) in [5.41, 5.74) is 1.47. The highest BCUT2D eigenvalue weighted by molar-refractivity contribution is 14.1. The van der Waals surface area contributed by atoms with Crippen molar-refractivity contribution < 1.29 is 0 Å². The SMILES string of the molecule is CCCNC(c1cccc(I)c1)C1CC1. The number of benzene rings is 1. The fraction of sp³-hybridized carbons (Fsp3) is 0.538. The van der Waals surface area contributed by atoms with Crippen molar-refractivity contribution in [3.63, 3.8) is 0 Å². The molecule has 15 heavy (non-hydrogen) atoms. The molecule has 82 valence electrons. The van der Waals surface area contributed by atoms with Crippen molar-refractivity contribution in [1.29, 1.82) is 0 Å². The summed E-state index contributed by atoms with van der Waals surface area (Å²) in [5, 5.41) is 3.67. The summed E-state index contributed by atoms with van der Waals surface area (Å²) in [5.74, 6) is 0.884. The van der Waals surface area contributed by atoms with Crippen molar-refractivity contribution in [2.24, 2.45) is 5.92 Å². The lowest BCUT2D eigenvalue weighted by Crippen LogP contribution is -2.23. The molecule has 0 spiro atoms. The van der Waals surface area contributed by atoms with Gasteiger partial charge in [-0.25, -0.2) is 0 Å². The van der Waals surface area contributed by atoms with Crippen LogP contribution in [0.3, 0.4) is 0 Å². The molecular formula is C13H18IN. The van der Waals surface area contributed by atoms with E-state index in [1.807, 2.05) is 0 Å². The molecule has 0 heterocycles. The Morgan fingerprint density at radius 2 is 2.27 bits per heavy atom. The van der Waals surface area contributed by atoms with Crippen LogP contribution in [-0.2, 0) is 0 Å². The van der Waals surface area contributed by atoms with Gasteiger partial charge in [-0.1, -0.05) is 19.1 Å². The molecule has 2 heteroatoms. The minimum Gasteiger partial charge on any atom is -0.310 e. The van der Waals surface area contributed by atoms with E-state index in [0.29, 0.717) is 6.04 Å². The minimum absolute atomic E-state index is 0.597. The van der Waals surface area contributed by atoms with Crippen LogP contribution in [0.2, 0.25) is 0 Å². The third-order valence-corrected chi connectivity index (χ3v) is 3.59. The van der Waals surface area contributed by atoms with Gasteiger partial charge in [-0.3, -0.25) is 0 Å². The summed E-state index contributed by atoms with van der Waals surface area (Å²) in [4.78, 5) is 0. The zero-order chi connectivity index (χ0) is 10.7. The quantitative estimate of drug-likeness (QED) is 0.816.